The molecular weight excluding hydrogens is 596 g/mol. The second kappa shape index (κ2) is 16.6. The topological polar surface area (TPSA) is 114 Å². The molecule has 1 aromatic rings. The van der Waals surface area contributed by atoms with Crippen LogP contribution in [0, 0.1) is 11.8 Å². The minimum absolute atomic E-state index is 0.151. The molecule has 11 heteroatoms. The maximum Gasteiger partial charge on any atom is 0.319 e. The first kappa shape index (κ1) is 34.9. The standard InChI is InChI=1S/C36H54N6O5/c1-37-34(45)33(7-6-24-43)38(2)35(46)32-25-31(9-8-29(32)26-44)40-18-10-27(11-19-40)28-12-20-41(21-13-28)36(47)42-22-14-30(15-23-42)39-16-4-3-5-17-39/h8-9,24-28,30,33H,3-7,10-23H2,1-2H3,(H,37,45). The summed E-state index contributed by atoms with van der Waals surface area (Å²) in [6.07, 6.45) is 12.1. The number of amides is 4. The molecule has 1 atom stereocenters. The molecule has 4 heterocycles. The zero-order chi connectivity index (χ0) is 33.3. The summed E-state index contributed by atoms with van der Waals surface area (Å²) in [5, 5.41) is 2.57. The average molecular weight is 651 g/mol. The number of likely N-dealkylation sites (N-methyl/N-ethyl adjacent to an activating group) is 2. The third-order valence-corrected chi connectivity index (χ3v) is 11.3. The van der Waals surface area contributed by atoms with Gasteiger partial charge in [0.05, 0.1) is 5.56 Å². The number of nitrogens with zero attached hydrogens (tertiary/aromatic N) is 5. The zero-order valence-electron chi connectivity index (χ0n) is 28.4. The van der Waals surface area contributed by atoms with Crippen molar-refractivity contribution in [1.82, 2.24) is 24.9 Å². The van der Waals surface area contributed by atoms with Gasteiger partial charge in [-0.3, -0.25) is 14.4 Å². The second-order valence-electron chi connectivity index (χ2n) is 13.9. The Morgan fingerprint density at radius 3 is 2.02 bits per heavy atom. The van der Waals surface area contributed by atoms with Gasteiger partial charge in [0.1, 0.15) is 12.3 Å². The smallest absolute Gasteiger partial charge is 0.319 e. The lowest BCUT2D eigenvalue weighted by atomic mass is 9.78. The van der Waals surface area contributed by atoms with Crippen molar-refractivity contribution >= 4 is 36.1 Å². The maximum absolute atomic E-state index is 13.5. The molecule has 4 aliphatic heterocycles. The number of nitrogens with one attached hydrogen (secondary N) is 1. The van der Waals surface area contributed by atoms with Crippen LogP contribution in [0.5, 0.6) is 0 Å². The van der Waals surface area contributed by atoms with Crippen molar-refractivity contribution in [3.63, 3.8) is 0 Å². The van der Waals surface area contributed by atoms with Crippen LogP contribution in [0.2, 0.25) is 0 Å². The minimum Gasteiger partial charge on any atom is -0.371 e. The lowest BCUT2D eigenvalue weighted by molar-refractivity contribution is -0.125. The molecule has 0 radical (unpaired) electrons. The number of piperidine rings is 4. The predicted molar refractivity (Wildman–Crippen MR) is 182 cm³/mol. The normalized spacial score (nSPS) is 21.3. The summed E-state index contributed by atoms with van der Waals surface area (Å²) in [6, 6.07) is 5.41. The van der Waals surface area contributed by atoms with Gasteiger partial charge in [0.15, 0.2) is 6.29 Å². The molecule has 1 aromatic carbocycles. The fourth-order valence-electron chi connectivity index (χ4n) is 8.35. The zero-order valence-corrected chi connectivity index (χ0v) is 28.4. The third kappa shape index (κ3) is 8.34. The maximum atomic E-state index is 13.5. The summed E-state index contributed by atoms with van der Waals surface area (Å²) < 4.78 is 0. The molecular formula is C36H54N6O5. The van der Waals surface area contributed by atoms with Crippen molar-refractivity contribution in [2.45, 2.75) is 82.7 Å². The molecule has 4 amide bonds. The first-order valence-corrected chi connectivity index (χ1v) is 17.9. The average Bonchev–Trinajstić information content (AvgIpc) is 3.14. The second-order valence-corrected chi connectivity index (χ2v) is 13.9. The predicted octanol–water partition coefficient (Wildman–Crippen LogP) is 3.66. The summed E-state index contributed by atoms with van der Waals surface area (Å²) in [4.78, 5) is 72.7. The van der Waals surface area contributed by atoms with Crippen LogP contribution in [0.4, 0.5) is 10.5 Å². The molecule has 11 nitrogen and oxygen atoms in total. The van der Waals surface area contributed by atoms with Gasteiger partial charge < -0.3 is 34.6 Å². The van der Waals surface area contributed by atoms with Crippen LogP contribution in [0.1, 0.15) is 91.3 Å². The van der Waals surface area contributed by atoms with Crippen molar-refractivity contribution in [2.75, 3.05) is 71.4 Å². The largest absolute Gasteiger partial charge is 0.371 e. The van der Waals surface area contributed by atoms with Crippen LogP contribution in [0.15, 0.2) is 18.2 Å². The summed E-state index contributed by atoms with van der Waals surface area (Å²) in [6.45, 7) is 7.61. The van der Waals surface area contributed by atoms with Gasteiger partial charge in [0.2, 0.25) is 5.91 Å². The lowest BCUT2D eigenvalue weighted by Crippen LogP contribution is -2.53. The van der Waals surface area contributed by atoms with Crippen LogP contribution >= 0.6 is 0 Å². The lowest BCUT2D eigenvalue weighted by Gasteiger charge is -2.44. The summed E-state index contributed by atoms with van der Waals surface area (Å²) >= 11 is 0. The van der Waals surface area contributed by atoms with Crippen LogP contribution in [0.3, 0.4) is 0 Å². The molecule has 4 saturated heterocycles. The number of anilines is 1. The SMILES string of the molecule is CNC(=O)C(CCC=O)N(C)C(=O)c1cc(N2CCC(C3CCN(C(=O)N4CCC(N5CCCCC5)CC4)CC3)CC2)ccc1C=O. The highest BCUT2D eigenvalue weighted by Crippen LogP contribution is 2.35. The number of aldehydes is 2. The number of carbonyl (C=O) groups is 5. The highest BCUT2D eigenvalue weighted by atomic mass is 16.2. The first-order chi connectivity index (χ1) is 22.8. The van der Waals surface area contributed by atoms with Gasteiger partial charge in [0.25, 0.3) is 5.91 Å². The minimum atomic E-state index is -0.810. The Kier molecular flexibility index (Phi) is 12.3. The number of rotatable bonds is 10. The Hall–Kier alpha value is -3.47. The van der Waals surface area contributed by atoms with Crippen LogP contribution in [-0.4, -0.2) is 129 Å². The van der Waals surface area contributed by atoms with E-state index in [2.05, 4.69) is 24.9 Å². The first-order valence-electron chi connectivity index (χ1n) is 17.9. The van der Waals surface area contributed by atoms with Crippen molar-refractivity contribution < 1.29 is 24.0 Å². The summed E-state index contributed by atoms with van der Waals surface area (Å²) in [7, 11) is 3.04. The number of hydrogen-bond donors (Lipinski definition) is 1. The van der Waals surface area contributed by atoms with Crippen molar-refractivity contribution in [1.29, 1.82) is 0 Å². The van der Waals surface area contributed by atoms with Crippen LogP contribution in [0.25, 0.3) is 0 Å². The van der Waals surface area contributed by atoms with E-state index in [0.717, 1.165) is 89.8 Å². The number of likely N-dealkylation sites (tertiary alicyclic amines) is 3. The fourth-order valence-corrected chi connectivity index (χ4v) is 8.35. The van der Waals surface area contributed by atoms with E-state index in [1.807, 2.05) is 6.07 Å². The highest BCUT2D eigenvalue weighted by molar-refractivity contribution is 6.04. The number of urea groups is 1. The highest BCUT2D eigenvalue weighted by Gasteiger charge is 2.35. The van der Waals surface area contributed by atoms with Crippen molar-refractivity contribution in [2.24, 2.45) is 11.8 Å². The van der Waals surface area contributed by atoms with Crippen LogP contribution in [-0.2, 0) is 9.59 Å². The third-order valence-electron chi connectivity index (χ3n) is 11.3. The van der Waals surface area contributed by atoms with Gasteiger partial charge in [-0.25, -0.2) is 4.79 Å². The van der Waals surface area contributed by atoms with Crippen LogP contribution < -0.4 is 10.2 Å². The number of carbonyl (C=O) groups excluding carboxylic acids is 5. The Labute approximate surface area is 280 Å². The fraction of sp³-hybridized carbons (Fsp3) is 0.694. The molecule has 4 aliphatic rings. The molecule has 0 aliphatic carbocycles. The molecule has 47 heavy (non-hydrogen) atoms. The van der Waals surface area contributed by atoms with Crippen molar-refractivity contribution in [3.05, 3.63) is 29.3 Å². The van der Waals surface area contributed by atoms with Gasteiger partial charge in [-0.15, -0.1) is 0 Å². The number of hydrogen-bond acceptors (Lipinski definition) is 7. The van der Waals surface area contributed by atoms with Gasteiger partial charge in [0, 0.05) is 77.1 Å². The Morgan fingerprint density at radius 2 is 1.45 bits per heavy atom. The quantitative estimate of drug-likeness (QED) is 0.385. The molecule has 1 N–H and O–H groups in total. The monoisotopic (exact) mass is 650 g/mol. The van der Waals surface area contributed by atoms with E-state index in [-0.39, 0.29) is 35.9 Å². The van der Waals surface area contributed by atoms with E-state index >= 15 is 0 Å². The Balaban J connectivity index is 1.11. The van der Waals surface area contributed by atoms with Gasteiger partial charge in [-0.2, -0.15) is 0 Å². The van der Waals surface area contributed by atoms with Gasteiger partial charge in [-0.05, 0) is 101 Å². The van der Waals surface area contributed by atoms with Gasteiger partial charge >= 0.3 is 6.03 Å². The molecule has 0 saturated carbocycles. The van der Waals surface area contributed by atoms with E-state index in [1.54, 1.807) is 12.1 Å². The Morgan fingerprint density at radius 1 is 0.851 bits per heavy atom. The summed E-state index contributed by atoms with van der Waals surface area (Å²) in [5.41, 5.74) is 1.42. The molecule has 0 aromatic heterocycles. The summed E-state index contributed by atoms with van der Waals surface area (Å²) in [5.74, 6) is 0.450. The molecule has 0 bridgehead atoms. The number of benzene rings is 1. The van der Waals surface area contributed by atoms with E-state index in [1.165, 1.54) is 51.3 Å². The molecule has 258 valence electrons. The molecule has 4 fully saturated rings. The van der Waals surface area contributed by atoms with E-state index in [4.69, 9.17) is 0 Å². The van der Waals surface area contributed by atoms with Gasteiger partial charge in [-0.1, -0.05) is 6.42 Å². The molecule has 1 unspecified atom stereocenters. The molecule has 5 rings (SSSR count). The van der Waals surface area contributed by atoms with E-state index < -0.39 is 11.9 Å². The van der Waals surface area contributed by atoms with Crippen molar-refractivity contribution in [3.8, 4) is 0 Å². The van der Waals surface area contributed by atoms with E-state index in [9.17, 15) is 24.0 Å². The Bertz CT molecular complexity index is 1240. The molecule has 0 spiro atoms. The van der Waals surface area contributed by atoms with E-state index in [0.29, 0.717) is 24.2 Å².